The van der Waals surface area contributed by atoms with Gasteiger partial charge in [-0.2, -0.15) is 0 Å². The second-order valence-corrected chi connectivity index (χ2v) is 5.24. The van der Waals surface area contributed by atoms with Gasteiger partial charge in [0.15, 0.2) is 0 Å². The van der Waals surface area contributed by atoms with Crippen LogP contribution in [0.2, 0.25) is 0 Å². The van der Waals surface area contributed by atoms with Gasteiger partial charge in [0, 0.05) is 7.05 Å². The van der Waals surface area contributed by atoms with E-state index in [0.29, 0.717) is 5.69 Å². The molecule has 1 aromatic rings. The molecular weight excluding hydrogens is 244 g/mol. The Bertz CT molecular complexity index is 521. The molecule has 0 bridgehead atoms. The number of hydrogen-bond donors (Lipinski definition) is 2. The highest BCUT2D eigenvalue weighted by Crippen LogP contribution is 2.39. The van der Waals surface area contributed by atoms with Gasteiger partial charge in [0.2, 0.25) is 5.91 Å². The number of carbonyl (C=O) groups excluding carboxylic acids is 1. The number of amides is 1. The first-order chi connectivity index (χ1) is 8.85. The molecule has 5 heteroatoms. The maximum atomic E-state index is 12.4. The number of carbonyl (C=O) groups is 2. The van der Waals surface area contributed by atoms with E-state index in [2.05, 4.69) is 0 Å². The summed E-state index contributed by atoms with van der Waals surface area (Å²) in [5.41, 5.74) is 5.64. The lowest BCUT2D eigenvalue weighted by molar-refractivity contribution is -0.123. The summed E-state index contributed by atoms with van der Waals surface area (Å²) in [5.74, 6) is -1.11. The lowest BCUT2D eigenvalue weighted by atomic mass is 9.95. The third-order valence-electron chi connectivity index (χ3n) is 3.69. The summed E-state index contributed by atoms with van der Waals surface area (Å²) in [6, 6.07) is 6.43. The Morgan fingerprint density at radius 3 is 2.47 bits per heavy atom. The number of likely N-dealkylation sites (N-methyl/N-ethyl adjacent to an activating group) is 1. The van der Waals surface area contributed by atoms with E-state index in [9.17, 15) is 9.59 Å². The number of rotatable bonds is 4. The first kappa shape index (κ1) is 13.5. The van der Waals surface area contributed by atoms with E-state index in [1.165, 1.54) is 11.0 Å². The van der Waals surface area contributed by atoms with Gasteiger partial charge in [0.25, 0.3) is 0 Å². The summed E-state index contributed by atoms with van der Waals surface area (Å²) < 4.78 is 0. The highest BCUT2D eigenvalue weighted by Gasteiger charge is 2.45. The van der Waals surface area contributed by atoms with Gasteiger partial charge >= 0.3 is 5.97 Å². The number of nitrogens with zero attached hydrogens (tertiary/aromatic N) is 1. The molecule has 0 spiro atoms. The van der Waals surface area contributed by atoms with E-state index in [0.717, 1.165) is 12.8 Å². The van der Waals surface area contributed by atoms with Gasteiger partial charge in [0.1, 0.15) is 0 Å². The molecule has 3 N–H and O–H groups in total. The standard InChI is InChI=1S/C14H18N2O3/c1-14(15,9-7-8-9)13(19)16(2)11-6-4-3-5-10(11)12(17)18/h3-6,9H,7-8,15H2,1-2H3,(H,17,18). The molecule has 1 saturated carbocycles. The van der Waals surface area contributed by atoms with E-state index in [1.54, 1.807) is 32.2 Å². The first-order valence-electron chi connectivity index (χ1n) is 6.25. The minimum Gasteiger partial charge on any atom is -0.478 e. The Balaban J connectivity index is 2.31. The van der Waals surface area contributed by atoms with Crippen molar-refractivity contribution in [2.75, 3.05) is 11.9 Å². The van der Waals surface area contributed by atoms with Crippen LogP contribution in [0.3, 0.4) is 0 Å². The second kappa shape index (κ2) is 4.66. The van der Waals surface area contributed by atoms with Crippen LogP contribution in [-0.4, -0.2) is 29.6 Å². The van der Waals surface area contributed by atoms with Gasteiger partial charge in [-0.3, -0.25) is 4.79 Å². The topological polar surface area (TPSA) is 83.6 Å². The zero-order chi connectivity index (χ0) is 14.2. The van der Waals surface area contributed by atoms with Crippen LogP contribution in [0.15, 0.2) is 24.3 Å². The minimum absolute atomic E-state index is 0.102. The monoisotopic (exact) mass is 262 g/mol. The lowest BCUT2D eigenvalue weighted by Crippen LogP contribution is -2.54. The molecule has 1 aromatic carbocycles. The smallest absolute Gasteiger partial charge is 0.337 e. The van der Waals surface area contributed by atoms with Crippen molar-refractivity contribution in [3.63, 3.8) is 0 Å². The summed E-state index contributed by atoms with van der Waals surface area (Å²) in [5, 5.41) is 9.15. The number of para-hydroxylation sites is 1. The van der Waals surface area contributed by atoms with Gasteiger partial charge in [-0.05, 0) is 37.8 Å². The fraction of sp³-hybridized carbons (Fsp3) is 0.429. The van der Waals surface area contributed by atoms with Crippen LogP contribution in [-0.2, 0) is 4.79 Å². The summed E-state index contributed by atoms with van der Waals surface area (Å²) in [4.78, 5) is 25.0. The molecule has 19 heavy (non-hydrogen) atoms. The van der Waals surface area contributed by atoms with Crippen LogP contribution in [0.5, 0.6) is 0 Å². The lowest BCUT2D eigenvalue weighted by Gasteiger charge is -2.30. The van der Waals surface area contributed by atoms with E-state index in [-0.39, 0.29) is 17.4 Å². The van der Waals surface area contributed by atoms with Crippen LogP contribution in [0.25, 0.3) is 0 Å². The van der Waals surface area contributed by atoms with Gasteiger partial charge in [-0.15, -0.1) is 0 Å². The minimum atomic E-state index is -1.06. The van der Waals surface area contributed by atoms with Crippen molar-refractivity contribution < 1.29 is 14.7 Å². The molecule has 1 unspecified atom stereocenters. The first-order valence-corrected chi connectivity index (χ1v) is 6.25. The number of carboxylic acids is 1. The molecule has 0 aliphatic heterocycles. The van der Waals surface area contributed by atoms with Gasteiger partial charge in [-0.1, -0.05) is 12.1 Å². The number of anilines is 1. The highest BCUT2D eigenvalue weighted by atomic mass is 16.4. The molecule has 0 aromatic heterocycles. The molecule has 1 aliphatic rings. The Morgan fingerprint density at radius 1 is 1.37 bits per heavy atom. The van der Waals surface area contributed by atoms with Crippen molar-refractivity contribution in [3.05, 3.63) is 29.8 Å². The fourth-order valence-corrected chi connectivity index (χ4v) is 2.28. The van der Waals surface area contributed by atoms with Crippen molar-refractivity contribution in [1.82, 2.24) is 0 Å². The average Bonchev–Trinajstić information content (AvgIpc) is 3.21. The molecule has 1 atom stereocenters. The Hall–Kier alpha value is -1.88. The molecule has 1 amide bonds. The molecule has 102 valence electrons. The number of carboxylic acid groups (broad SMARTS) is 1. The third kappa shape index (κ3) is 2.46. The molecule has 5 nitrogen and oxygen atoms in total. The van der Waals surface area contributed by atoms with E-state index >= 15 is 0 Å². The third-order valence-corrected chi connectivity index (χ3v) is 3.69. The summed E-state index contributed by atoms with van der Waals surface area (Å²) in [6.45, 7) is 1.72. The zero-order valence-electron chi connectivity index (χ0n) is 11.1. The van der Waals surface area contributed by atoms with Crippen LogP contribution >= 0.6 is 0 Å². The van der Waals surface area contributed by atoms with Gasteiger partial charge < -0.3 is 15.7 Å². The zero-order valence-corrected chi connectivity index (χ0v) is 11.1. The van der Waals surface area contributed by atoms with Gasteiger partial charge in [-0.25, -0.2) is 4.79 Å². The number of aromatic carboxylic acids is 1. The molecule has 1 fully saturated rings. The van der Waals surface area contributed by atoms with Crippen LogP contribution in [0, 0.1) is 5.92 Å². The molecular formula is C14H18N2O3. The maximum Gasteiger partial charge on any atom is 0.337 e. The van der Waals surface area contributed by atoms with Crippen molar-refractivity contribution in [2.24, 2.45) is 11.7 Å². The van der Waals surface area contributed by atoms with Crippen molar-refractivity contribution >= 4 is 17.6 Å². The highest BCUT2D eigenvalue weighted by molar-refractivity contribution is 6.05. The average molecular weight is 262 g/mol. The molecule has 0 heterocycles. The van der Waals surface area contributed by atoms with Crippen molar-refractivity contribution in [2.45, 2.75) is 25.3 Å². The fourth-order valence-electron chi connectivity index (χ4n) is 2.28. The van der Waals surface area contributed by atoms with Crippen LogP contribution in [0.1, 0.15) is 30.1 Å². The van der Waals surface area contributed by atoms with Gasteiger partial charge in [0.05, 0.1) is 16.8 Å². The van der Waals surface area contributed by atoms with Crippen molar-refractivity contribution in [1.29, 1.82) is 0 Å². The molecule has 1 aliphatic carbocycles. The van der Waals surface area contributed by atoms with E-state index in [1.807, 2.05) is 0 Å². The second-order valence-electron chi connectivity index (χ2n) is 5.24. The maximum absolute atomic E-state index is 12.4. The quantitative estimate of drug-likeness (QED) is 0.860. The molecule has 0 radical (unpaired) electrons. The number of nitrogens with two attached hydrogens (primary N) is 1. The summed E-state index contributed by atoms with van der Waals surface area (Å²) in [6.07, 6.45) is 1.90. The predicted octanol–water partition coefficient (Wildman–Crippen LogP) is 1.47. The molecule has 2 rings (SSSR count). The SMILES string of the molecule is CN(C(=O)C(C)(N)C1CC1)c1ccccc1C(=O)O. The van der Waals surface area contributed by atoms with E-state index < -0.39 is 11.5 Å². The largest absolute Gasteiger partial charge is 0.478 e. The van der Waals surface area contributed by atoms with Crippen LogP contribution < -0.4 is 10.6 Å². The predicted molar refractivity (Wildman–Crippen MR) is 72.1 cm³/mol. The normalized spacial score (nSPS) is 17.6. The number of benzene rings is 1. The number of hydrogen-bond acceptors (Lipinski definition) is 3. The Morgan fingerprint density at radius 2 is 1.95 bits per heavy atom. The summed E-state index contributed by atoms with van der Waals surface area (Å²) >= 11 is 0. The summed E-state index contributed by atoms with van der Waals surface area (Å²) in [7, 11) is 1.57. The van der Waals surface area contributed by atoms with Crippen molar-refractivity contribution in [3.8, 4) is 0 Å². The van der Waals surface area contributed by atoms with E-state index in [4.69, 9.17) is 10.8 Å². The molecule has 0 saturated heterocycles. The Labute approximate surface area is 112 Å². The van der Waals surface area contributed by atoms with Crippen LogP contribution in [0.4, 0.5) is 5.69 Å². The Kier molecular flexibility index (Phi) is 3.32.